The van der Waals surface area contributed by atoms with Gasteiger partial charge in [0, 0.05) is 11.1 Å². The average molecular weight is 317 g/mol. The van der Waals surface area contributed by atoms with Crippen molar-refractivity contribution in [1.29, 1.82) is 0 Å². The zero-order chi connectivity index (χ0) is 16.2. The smallest absolute Gasteiger partial charge is 0.193 e. The third kappa shape index (κ3) is 4.53. The SMILES string of the molecule is CCc1cccc(NC(N)=NCc2nnc(C(C)(C)C)s2)c1. The largest absolute Gasteiger partial charge is 0.370 e. The molecule has 1 heterocycles. The molecule has 5 nitrogen and oxygen atoms in total. The number of anilines is 1. The summed E-state index contributed by atoms with van der Waals surface area (Å²) >= 11 is 1.58. The van der Waals surface area contributed by atoms with E-state index in [1.54, 1.807) is 11.3 Å². The van der Waals surface area contributed by atoms with Crippen LogP contribution in [-0.2, 0) is 18.4 Å². The van der Waals surface area contributed by atoms with Crippen LogP contribution < -0.4 is 11.1 Å². The number of nitrogens with zero attached hydrogens (tertiary/aromatic N) is 3. The van der Waals surface area contributed by atoms with E-state index in [9.17, 15) is 0 Å². The van der Waals surface area contributed by atoms with Crippen molar-refractivity contribution in [1.82, 2.24) is 10.2 Å². The maximum Gasteiger partial charge on any atom is 0.193 e. The molecule has 0 bridgehead atoms. The molecule has 22 heavy (non-hydrogen) atoms. The van der Waals surface area contributed by atoms with E-state index in [0.717, 1.165) is 22.1 Å². The van der Waals surface area contributed by atoms with E-state index in [0.29, 0.717) is 12.5 Å². The summed E-state index contributed by atoms with van der Waals surface area (Å²) in [6.45, 7) is 8.93. The van der Waals surface area contributed by atoms with Gasteiger partial charge in [-0.15, -0.1) is 10.2 Å². The molecule has 0 amide bonds. The minimum atomic E-state index is 0.0179. The second-order valence-corrected chi connectivity index (χ2v) is 7.19. The Kier molecular flexibility index (Phi) is 5.13. The standard InChI is InChI=1S/C16H23N5S/c1-5-11-7-6-8-12(9-11)19-15(17)18-10-13-20-21-14(22-13)16(2,3)4/h6-9H,5,10H2,1-4H3,(H3,17,18,19). The van der Waals surface area contributed by atoms with Gasteiger partial charge in [0.25, 0.3) is 0 Å². The Hall–Kier alpha value is -1.95. The van der Waals surface area contributed by atoms with Gasteiger partial charge in [0.2, 0.25) is 0 Å². The second-order valence-electron chi connectivity index (χ2n) is 6.13. The molecule has 2 rings (SSSR count). The molecule has 3 N–H and O–H groups in total. The van der Waals surface area contributed by atoms with Crippen molar-refractivity contribution in [3.63, 3.8) is 0 Å². The number of guanidine groups is 1. The molecule has 0 unspecified atom stereocenters. The van der Waals surface area contributed by atoms with Gasteiger partial charge in [0.15, 0.2) is 5.96 Å². The number of benzene rings is 1. The lowest BCUT2D eigenvalue weighted by Crippen LogP contribution is -2.22. The number of rotatable bonds is 4. The molecule has 0 spiro atoms. The summed E-state index contributed by atoms with van der Waals surface area (Å²) in [5.74, 6) is 0.390. The summed E-state index contributed by atoms with van der Waals surface area (Å²) in [5, 5.41) is 13.4. The number of aryl methyl sites for hydroxylation is 1. The topological polar surface area (TPSA) is 76.2 Å². The molecule has 0 saturated carbocycles. The minimum absolute atomic E-state index is 0.0179. The molecule has 0 fully saturated rings. The predicted octanol–water partition coefficient (Wildman–Crippen LogP) is 3.32. The first-order valence-corrected chi connectivity index (χ1v) is 8.19. The van der Waals surface area contributed by atoms with Crippen LogP contribution in [0.5, 0.6) is 0 Å². The molecular formula is C16H23N5S. The summed E-state index contributed by atoms with van der Waals surface area (Å²) in [5.41, 5.74) is 8.16. The van der Waals surface area contributed by atoms with Gasteiger partial charge in [-0.2, -0.15) is 0 Å². The van der Waals surface area contributed by atoms with E-state index in [1.165, 1.54) is 5.56 Å². The number of aliphatic imine (C=N–C) groups is 1. The molecule has 1 aromatic carbocycles. The van der Waals surface area contributed by atoms with Crippen LogP contribution in [0, 0.1) is 0 Å². The van der Waals surface area contributed by atoms with E-state index >= 15 is 0 Å². The van der Waals surface area contributed by atoms with Gasteiger partial charge in [0.1, 0.15) is 10.0 Å². The van der Waals surface area contributed by atoms with Gasteiger partial charge in [-0.05, 0) is 24.1 Å². The van der Waals surface area contributed by atoms with Crippen molar-refractivity contribution >= 4 is 23.0 Å². The highest BCUT2D eigenvalue weighted by atomic mass is 32.1. The zero-order valence-electron chi connectivity index (χ0n) is 13.6. The van der Waals surface area contributed by atoms with Crippen molar-refractivity contribution in [2.24, 2.45) is 10.7 Å². The third-order valence-electron chi connectivity index (χ3n) is 3.10. The lowest BCUT2D eigenvalue weighted by atomic mass is 9.98. The van der Waals surface area contributed by atoms with Crippen LogP contribution in [0.3, 0.4) is 0 Å². The Morgan fingerprint density at radius 1 is 1.32 bits per heavy atom. The number of aromatic nitrogens is 2. The Bertz CT molecular complexity index is 655. The molecule has 0 aliphatic carbocycles. The summed E-state index contributed by atoms with van der Waals surface area (Å²) in [6, 6.07) is 8.15. The average Bonchev–Trinajstić information content (AvgIpc) is 2.94. The number of nitrogens with one attached hydrogen (secondary N) is 1. The van der Waals surface area contributed by atoms with Gasteiger partial charge < -0.3 is 11.1 Å². The number of hydrogen-bond acceptors (Lipinski definition) is 4. The predicted molar refractivity (Wildman–Crippen MR) is 93.4 cm³/mol. The fraction of sp³-hybridized carbons (Fsp3) is 0.438. The first kappa shape index (κ1) is 16.4. The van der Waals surface area contributed by atoms with E-state index < -0.39 is 0 Å². The maximum atomic E-state index is 5.93. The zero-order valence-corrected chi connectivity index (χ0v) is 14.4. The summed E-state index contributed by atoms with van der Waals surface area (Å²) in [7, 11) is 0. The van der Waals surface area contributed by atoms with Crippen molar-refractivity contribution in [2.75, 3.05) is 5.32 Å². The van der Waals surface area contributed by atoms with Gasteiger partial charge in [-0.1, -0.05) is 51.2 Å². The molecule has 6 heteroatoms. The fourth-order valence-electron chi connectivity index (χ4n) is 1.83. The van der Waals surface area contributed by atoms with Crippen molar-refractivity contribution < 1.29 is 0 Å². The normalized spacial score (nSPS) is 12.5. The Labute approximate surface area is 135 Å². The number of nitrogens with two attached hydrogens (primary N) is 1. The van der Waals surface area contributed by atoms with Crippen molar-refractivity contribution in [2.45, 2.75) is 46.1 Å². The minimum Gasteiger partial charge on any atom is -0.370 e. The van der Waals surface area contributed by atoms with Crippen LogP contribution in [0.15, 0.2) is 29.3 Å². The first-order chi connectivity index (χ1) is 10.4. The van der Waals surface area contributed by atoms with E-state index in [4.69, 9.17) is 5.73 Å². The molecular weight excluding hydrogens is 294 g/mol. The monoisotopic (exact) mass is 317 g/mol. The molecule has 2 aromatic rings. The van der Waals surface area contributed by atoms with Crippen molar-refractivity contribution in [3.8, 4) is 0 Å². The van der Waals surface area contributed by atoms with Crippen LogP contribution in [-0.4, -0.2) is 16.2 Å². The Balaban J connectivity index is 1.99. The first-order valence-electron chi connectivity index (χ1n) is 7.37. The third-order valence-corrected chi connectivity index (χ3v) is 4.43. The molecule has 1 aromatic heterocycles. The van der Waals surface area contributed by atoms with Crippen LogP contribution >= 0.6 is 11.3 Å². The summed E-state index contributed by atoms with van der Waals surface area (Å²) < 4.78 is 0. The van der Waals surface area contributed by atoms with E-state index in [2.05, 4.69) is 60.3 Å². The molecule has 0 saturated heterocycles. The van der Waals surface area contributed by atoms with Gasteiger partial charge >= 0.3 is 0 Å². The van der Waals surface area contributed by atoms with Crippen LogP contribution in [0.1, 0.15) is 43.3 Å². The van der Waals surface area contributed by atoms with Crippen LogP contribution in [0.25, 0.3) is 0 Å². The Morgan fingerprint density at radius 3 is 2.73 bits per heavy atom. The molecule has 0 aliphatic heterocycles. The quantitative estimate of drug-likeness (QED) is 0.670. The van der Waals surface area contributed by atoms with Gasteiger partial charge in [-0.3, -0.25) is 0 Å². The highest BCUT2D eigenvalue weighted by Gasteiger charge is 2.19. The highest BCUT2D eigenvalue weighted by Crippen LogP contribution is 2.25. The fourth-order valence-corrected chi connectivity index (χ4v) is 2.65. The van der Waals surface area contributed by atoms with Crippen LogP contribution in [0.4, 0.5) is 5.69 Å². The molecule has 0 radical (unpaired) electrons. The number of hydrogen-bond donors (Lipinski definition) is 2. The molecule has 0 aliphatic rings. The van der Waals surface area contributed by atoms with E-state index in [1.807, 2.05) is 12.1 Å². The molecule has 118 valence electrons. The highest BCUT2D eigenvalue weighted by molar-refractivity contribution is 7.11. The second kappa shape index (κ2) is 6.87. The van der Waals surface area contributed by atoms with Crippen LogP contribution in [0.2, 0.25) is 0 Å². The molecule has 0 atom stereocenters. The lowest BCUT2D eigenvalue weighted by molar-refractivity contribution is 0.577. The van der Waals surface area contributed by atoms with Gasteiger partial charge in [0.05, 0.1) is 6.54 Å². The van der Waals surface area contributed by atoms with Crippen molar-refractivity contribution in [3.05, 3.63) is 39.8 Å². The van der Waals surface area contributed by atoms with E-state index in [-0.39, 0.29) is 5.41 Å². The summed E-state index contributed by atoms with van der Waals surface area (Å²) in [6.07, 6.45) is 0.993. The maximum absolute atomic E-state index is 5.93. The Morgan fingerprint density at radius 2 is 2.09 bits per heavy atom. The summed E-state index contributed by atoms with van der Waals surface area (Å²) in [4.78, 5) is 4.33. The van der Waals surface area contributed by atoms with Gasteiger partial charge in [-0.25, -0.2) is 4.99 Å². The lowest BCUT2D eigenvalue weighted by Gasteiger charge is -2.12.